The van der Waals surface area contributed by atoms with Crippen molar-refractivity contribution >= 4 is 11.9 Å². The molecular weight excluding hydrogens is 172 g/mol. The van der Waals surface area contributed by atoms with E-state index < -0.39 is 0 Å². The van der Waals surface area contributed by atoms with E-state index in [1.165, 1.54) is 29.8 Å². The maximum absolute atomic E-state index is 4.31. The number of benzene rings is 1. The van der Waals surface area contributed by atoms with Crippen molar-refractivity contribution in [3.05, 3.63) is 41.7 Å². The Bertz CT molecular complexity index is 414. The molecule has 1 N–H and O–H groups in total. The van der Waals surface area contributed by atoms with Crippen LogP contribution < -0.4 is 5.32 Å². The first-order valence-electron chi connectivity index (χ1n) is 5.03. The van der Waals surface area contributed by atoms with Crippen molar-refractivity contribution in [2.75, 3.05) is 5.32 Å². The predicted octanol–water partition coefficient (Wildman–Crippen LogP) is 2.78. The summed E-state index contributed by atoms with van der Waals surface area (Å²) < 4.78 is 0. The molecule has 0 aromatic heterocycles. The van der Waals surface area contributed by atoms with Gasteiger partial charge in [0.2, 0.25) is 0 Å². The van der Waals surface area contributed by atoms with Gasteiger partial charge in [0.15, 0.2) is 0 Å². The van der Waals surface area contributed by atoms with Gasteiger partial charge in [0.05, 0.1) is 0 Å². The number of anilines is 1. The molecule has 0 saturated heterocycles. The molecule has 1 saturated carbocycles. The van der Waals surface area contributed by atoms with Crippen LogP contribution in [0.1, 0.15) is 18.4 Å². The second kappa shape index (κ2) is 2.98. The molecule has 1 aromatic rings. The molecule has 0 spiro atoms. The Labute approximate surface area is 83.4 Å². The normalized spacial score (nSPS) is 19.3. The van der Waals surface area contributed by atoms with E-state index in [1.54, 1.807) is 0 Å². The highest BCUT2D eigenvalue weighted by Crippen LogP contribution is 2.37. The van der Waals surface area contributed by atoms with Crippen molar-refractivity contribution < 1.29 is 0 Å². The Balaban J connectivity index is 1.99. The van der Waals surface area contributed by atoms with E-state index in [2.05, 4.69) is 28.5 Å². The van der Waals surface area contributed by atoms with Gasteiger partial charge in [0.1, 0.15) is 0 Å². The monoisotopic (exact) mass is 184 g/mol. The van der Waals surface area contributed by atoms with E-state index in [0.29, 0.717) is 0 Å². The summed E-state index contributed by atoms with van der Waals surface area (Å²) in [6, 6.07) is 8.27. The molecule has 1 heterocycles. The molecule has 1 aromatic carbocycles. The van der Waals surface area contributed by atoms with Crippen LogP contribution in [0.4, 0.5) is 5.69 Å². The second-order valence-corrected chi connectivity index (χ2v) is 3.85. The number of aliphatic imine (C=N–C) groups is 1. The Morgan fingerprint density at radius 1 is 1.21 bits per heavy atom. The van der Waals surface area contributed by atoms with Crippen molar-refractivity contribution in [3.8, 4) is 0 Å². The summed E-state index contributed by atoms with van der Waals surface area (Å²) in [5.74, 6) is 0.721. The highest BCUT2D eigenvalue weighted by Gasteiger charge is 2.26. The Kier molecular flexibility index (Phi) is 1.66. The van der Waals surface area contributed by atoms with E-state index in [1.807, 2.05) is 18.5 Å². The molecule has 2 heteroatoms. The van der Waals surface area contributed by atoms with Crippen LogP contribution in [0.15, 0.2) is 41.2 Å². The zero-order valence-corrected chi connectivity index (χ0v) is 7.90. The first-order chi connectivity index (χ1) is 6.93. The van der Waals surface area contributed by atoms with Crippen LogP contribution in [0.25, 0.3) is 0 Å². The smallest absolute Gasteiger partial charge is 0.0471 e. The summed E-state index contributed by atoms with van der Waals surface area (Å²) >= 11 is 0. The molecular formula is C12H12N2. The van der Waals surface area contributed by atoms with Crippen LogP contribution in [0, 0.1) is 5.92 Å². The summed E-state index contributed by atoms with van der Waals surface area (Å²) in [6.45, 7) is 0. The summed E-state index contributed by atoms with van der Waals surface area (Å²) in [7, 11) is 0. The zero-order valence-electron chi connectivity index (χ0n) is 7.90. The van der Waals surface area contributed by atoms with Gasteiger partial charge in [0.25, 0.3) is 0 Å². The molecule has 0 atom stereocenters. The zero-order chi connectivity index (χ0) is 9.38. The van der Waals surface area contributed by atoms with Crippen LogP contribution in [0.2, 0.25) is 0 Å². The van der Waals surface area contributed by atoms with E-state index in [-0.39, 0.29) is 0 Å². The van der Waals surface area contributed by atoms with Gasteiger partial charge in [-0.3, -0.25) is 4.99 Å². The van der Waals surface area contributed by atoms with Crippen molar-refractivity contribution in [1.82, 2.24) is 0 Å². The quantitative estimate of drug-likeness (QED) is 0.713. The lowest BCUT2D eigenvalue weighted by atomic mass is 10.2. The molecule has 0 unspecified atom stereocenters. The first kappa shape index (κ1) is 7.80. The number of nitrogens with one attached hydrogen (secondary N) is 1. The van der Waals surface area contributed by atoms with Gasteiger partial charge in [-0.15, -0.1) is 0 Å². The molecule has 1 aliphatic carbocycles. The van der Waals surface area contributed by atoms with Crippen molar-refractivity contribution in [2.45, 2.75) is 12.8 Å². The number of nitrogens with zero attached hydrogens (tertiary/aromatic N) is 1. The van der Waals surface area contributed by atoms with Crippen molar-refractivity contribution in [1.29, 1.82) is 0 Å². The molecule has 14 heavy (non-hydrogen) atoms. The van der Waals surface area contributed by atoms with Crippen LogP contribution in [0.5, 0.6) is 0 Å². The third-order valence-electron chi connectivity index (χ3n) is 2.68. The van der Waals surface area contributed by atoms with Gasteiger partial charge in [0, 0.05) is 35.3 Å². The fraction of sp³-hybridized carbons (Fsp3) is 0.250. The molecule has 2 nitrogen and oxygen atoms in total. The number of hydrogen-bond acceptors (Lipinski definition) is 2. The Morgan fingerprint density at radius 3 is 2.93 bits per heavy atom. The van der Waals surface area contributed by atoms with Crippen molar-refractivity contribution in [3.63, 3.8) is 0 Å². The SMILES string of the molecule is C1=NC=C(C2CC2)Nc2ccccc21. The highest BCUT2D eigenvalue weighted by molar-refractivity contribution is 5.89. The van der Waals surface area contributed by atoms with E-state index in [4.69, 9.17) is 0 Å². The van der Waals surface area contributed by atoms with Gasteiger partial charge in [-0.1, -0.05) is 18.2 Å². The average Bonchev–Trinajstić information content (AvgIpc) is 3.04. The first-order valence-corrected chi connectivity index (χ1v) is 5.03. The summed E-state index contributed by atoms with van der Waals surface area (Å²) in [5.41, 5.74) is 3.61. The van der Waals surface area contributed by atoms with E-state index in [0.717, 1.165) is 5.92 Å². The summed E-state index contributed by atoms with van der Waals surface area (Å²) in [6.07, 6.45) is 6.47. The molecule has 3 rings (SSSR count). The lowest BCUT2D eigenvalue weighted by molar-refractivity contribution is 1.01. The third kappa shape index (κ3) is 1.33. The minimum Gasteiger partial charge on any atom is -0.357 e. The fourth-order valence-corrected chi connectivity index (χ4v) is 1.71. The summed E-state index contributed by atoms with van der Waals surface area (Å²) in [4.78, 5) is 4.31. The lowest BCUT2D eigenvalue weighted by Crippen LogP contribution is -2.01. The number of fused-ring (bicyclic) bond motifs is 1. The molecule has 70 valence electrons. The molecule has 1 aliphatic heterocycles. The van der Waals surface area contributed by atoms with Crippen LogP contribution in [-0.2, 0) is 0 Å². The maximum Gasteiger partial charge on any atom is 0.0471 e. The van der Waals surface area contributed by atoms with Crippen LogP contribution >= 0.6 is 0 Å². The van der Waals surface area contributed by atoms with E-state index in [9.17, 15) is 0 Å². The van der Waals surface area contributed by atoms with Gasteiger partial charge >= 0.3 is 0 Å². The number of allylic oxidation sites excluding steroid dienone is 1. The third-order valence-corrected chi connectivity index (χ3v) is 2.68. The topological polar surface area (TPSA) is 24.4 Å². The minimum atomic E-state index is 0.721. The lowest BCUT2D eigenvalue weighted by Gasteiger charge is -2.09. The number of rotatable bonds is 1. The van der Waals surface area contributed by atoms with Gasteiger partial charge in [-0.2, -0.15) is 0 Å². The van der Waals surface area contributed by atoms with Gasteiger partial charge < -0.3 is 5.32 Å². The molecule has 2 aliphatic rings. The minimum absolute atomic E-state index is 0.721. The molecule has 1 fully saturated rings. The van der Waals surface area contributed by atoms with Crippen LogP contribution in [-0.4, -0.2) is 6.21 Å². The van der Waals surface area contributed by atoms with Gasteiger partial charge in [-0.25, -0.2) is 0 Å². The maximum atomic E-state index is 4.31. The largest absolute Gasteiger partial charge is 0.357 e. The Hall–Kier alpha value is -1.57. The second-order valence-electron chi connectivity index (χ2n) is 3.85. The molecule has 0 amide bonds. The number of para-hydroxylation sites is 1. The molecule has 0 bridgehead atoms. The molecule has 0 radical (unpaired) electrons. The highest BCUT2D eigenvalue weighted by atomic mass is 14.9. The summed E-state index contributed by atoms with van der Waals surface area (Å²) in [5, 5.41) is 3.46. The fourth-order valence-electron chi connectivity index (χ4n) is 1.71. The number of hydrogen-bond donors (Lipinski definition) is 1. The average molecular weight is 184 g/mol. The van der Waals surface area contributed by atoms with Crippen LogP contribution in [0.3, 0.4) is 0 Å². The predicted molar refractivity (Wildman–Crippen MR) is 58.5 cm³/mol. The standard InChI is InChI=1S/C12H12N2/c1-2-4-11-10(3-1)7-13-8-12(14-11)9-5-6-9/h1-4,7-9,14H,5-6H2. The Morgan fingerprint density at radius 2 is 2.07 bits per heavy atom. The van der Waals surface area contributed by atoms with Gasteiger partial charge in [-0.05, 0) is 18.9 Å². The van der Waals surface area contributed by atoms with Crippen molar-refractivity contribution in [2.24, 2.45) is 10.9 Å². The van der Waals surface area contributed by atoms with E-state index >= 15 is 0 Å².